The fourth-order valence-corrected chi connectivity index (χ4v) is 1.67. The summed E-state index contributed by atoms with van der Waals surface area (Å²) in [6.07, 6.45) is 1.44. The Kier molecular flexibility index (Phi) is 3.60. The van der Waals surface area contributed by atoms with E-state index in [1.165, 1.54) is 0 Å². The number of carbonyl (C=O) groups is 2. The third kappa shape index (κ3) is 2.52. The molecule has 0 aromatic heterocycles. The summed E-state index contributed by atoms with van der Waals surface area (Å²) in [6, 6.07) is -1.34. The molecule has 1 aliphatic heterocycles. The standard InChI is InChI=1S/C9H16N2O3/c1-11-4-2-6(3-5-11)8(12)7(10)9(13)14/h6-7H,2-5,10H2,1H3,(H,13,14). The van der Waals surface area contributed by atoms with Gasteiger partial charge in [0.25, 0.3) is 0 Å². The van der Waals surface area contributed by atoms with Crippen molar-refractivity contribution >= 4 is 11.8 Å². The van der Waals surface area contributed by atoms with E-state index in [1.54, 1.807) is 0 Å². The number of hydrogen-bond acceptors (Lipinski definition) is 4. The van der Waals surface area contributed by atoms with Crippen LogP contribution in [0.5, 0.6) is 0 Å². The van der Waals surface area contributed by atoms with Crippen LogP contribution in [0.4, 0.5) is 0 Å². The summed E-state index contributed by atoms with van der Waals surface area (Å²) < 4.78 is 0. The number of likely N-dealkylation sites (tertiary alicyclic amines) is 1. The molecule has 0 aromatic rings. The molecular weight excluding hydrogens is 184 g/mol. The van der Waals surface area contributed by atoms with E-state index in [4.69, 9.17) is 10.8 Å². The Bertz CT molecular complexity index is 234. The van der Waals surface area contributed by atoms with Crippen molar-refractivity contribution in [2.45, 2.75) is 18.9 Å². The van der Waals surface area contributed by atoms with Crippen LogP contribution in [0.25, 0.3) is 0 Å². The highest BCUT2D eigenvalue weighted by Crippen LogP contribution is 2.17. The van der Waals surface area contributed by atoms with Crippen molar-refractivity contribution in [3.05, 3.63) is 0 Å². The van der Waals surface area contributed by atoms with Gasteiger partial charge in [0.05, 0.1) is 0 Å². The Hall–Kier alpha value is -0.940. The number of carboxylic acid groups (broad SMARTS) is 1. The van der Waals surface area contributed by atoms with Crippen LogP contribution in [0, 0.1) is 5.92 Å². The highest BCUT2D eigenvalue weighted by Gasteiger charge is 2.30. The van der Waals surface area contributed by atoms with Gasteiger partial charge in [-0.3, -0.25) is 9.59 Å². The maximum absolute atomic E-state index is 11.5. The lowest BCUT2D eigenvalue weighted by Gasteiger charge is -2.28. The molecule has 1 aliphatic rings. The van der Waals surface area contributed by atoms with E-state index < -0.39 is 12.0 Å². The van der Waals surface area contributed by atoms with Crippen LogP contribution in [0.3, 0.4) is 0 Å². The number of piperidine rings is 1. The molecule has 80 valence electrons. The minimum absolute atomic E-state index is 0.169. The lowest BCUT2D eigenvalue weighted by molar-refractivity contribution is -0.143. The SMILES string of the molecule is CN1CCC(C(=O)C(N)C(=O)O)CC1. The molecule has 5 heteroatoms. The highest BCUT2D eigenvalue weighted by atomic mass is 16.4. The molecule has 1 fully saturated rings. The van der Waals surface area contributed by atoms with Crippen LogP contribution in [-0.4, -0.2) is 47.9 Å². The van der Waals surface area contributed by atoms with Gasteiger partial charge in [0.15, 0.2) is 11.8 Å². The van der Waals surface area contributed by atoms with Crippen LogP contribution < -0.4 is 5.73 Å². The van der Waals surface area contributed by atoms with Gasteiger partial charge >= 0.3 is 5.97 Å². The minimum atomic E-state index is -1.34. The van der Waals surface area contributed by atoms with Gasteiger partial charge < -0.3 is 15.7 Å². The Labute approximate surface area is 82.9 Å². The Morgan fingerprint density at radius 2 is 1.93 bits per heavy atom. The predicted octanol–water partition coefficient (Wildman–Crippen LogP) is -0.691. The Morgan fingerprint density at radius 1 is 1.43 bits per heavy atom. The molecule has 0 aliphatic carbocycles. The highest BCUT2D eigenvalue weighted by molar-refractivity contribution is 6.03. The smallest absolute Gasteiger partial charge is 0.328 e. The summed E-state index contributed by atoms with van der Waals surface area (Å²) in [4.78, 5) is 24.1. The zero-order valence-electron chi connectivity index (χ0n) is 8.27. The molecule has 0 spiro atoms. The molecule has 1 heterocycles. The van der Waals surface area contributed by atoms with Gasteiger partial charge in [0.2, 0.25) is 0 Å². The molecular formula is C9H16N2O3. The molecule has 0 radical (unpaired) electrons. The molecule has 0 amide bonds. The first-order valence-electron chi connectivity index (χ1n) is 4.73. The minimum Gasteiger partial charge on any atom is -0.480 e. The zero-order valence-corrected chi connectivity index (χ0v) is 8.27. The fraction of sp³-hybridized carbons (Fsp3) is 0.778. The zero-order chi connectivity index (χ0) is 10.7. The van der Waals surface area contributed by atoms with Gasteiger partial charge in [-0.15, -0.1) is 0 Å². The molecule has 14 heavy (non-hydrogen) atoms. The molecule has 1 saturated heterocycles. The summed E-state index contributed by atoms with van der Waals surface area (Å²) in [5.41, 5.74) is 5.26. The molecule has 1 unspecified atom stereocenters. The largest absolute Gasteiger partial charge is 0.480 e. The van der Waals surface area contributed by atoms with Crippen molar-refractivity contribution in [1.29, 1.82) is 0 Å². The monoisotopic (exact) mass is 200 g/mol. The molecule has 0 aromatic carbocycles. The van der Waals surface area contributed by atoms with E-state index in [1.807, 2.05) is 7.05 Å². The maximum Gasteiger partial charge on any atom is 0.328 e. The Balaban J connectivity index is 2.49. The lowest BCUT2D eigenvalue weighted by Crippen LogP contribution is -2.45. The van der Waals surface area contributed by atoms with Gasteiger partial charge in [-0.2, -0.15) is 0 Å². The normalized spacial score (nSPS) is 21.9. The fourth-order valence-electron chi connectivity index (χ4n) is 1.67. The summed E-state index contributed by atoms with van der Waals surface area (Å²) in [5, 5.41) is 8.58. The first-order chi connectivity index (χ1) is 6.52. The molecule has 0 bridgehead atoms. The number of carboxylic acids is 1. The van der Waals surface area contributed by atoms with Crippen molar-refractivity contribution in [3.8, 4) is 0 Å². The van der Waals surface area contributed by atoms with Gasteiger partial charge in [0, 0.05) is 5.92 Å². The van der Waals surface area contributed by atoms with Crippen LogP contribution in [0.15, 0.2) is 0 Å². The number of Topliss-reactive ketones (excluding diaryl/α,β-unsaturated/α-hetero) is 1. The first kappa shape index (κ1) is 11.1. The van der Waals surface area contributed by atoms with Crippen molar-refractivity contribution in [3.63, 3.8) is 0 Å². The van der Waals surface area contributed by atoms with Crippen molar-refractivity contribution in [2.75, 3.05) is 20.1 Å². The third-order valence-corrected chi connectivity index (χ3v) is 2.69. The van der Waals surface area contributed by atoms with E-state index in [2.05, 4.69) is 4.90 Å². The average Bonchev–Trinajstić information content (AvgIpc) is 2.16. The van der Waals surface area contributed by atoms with Gasteiger partial charge in [0.1, 0.15) is 0 Å². The van der Waals surface area contributed by atoms with Crippen molar-refractivity contribution < 1.29 is 14.7 Å². The number of carbonyl (C=O) groups excluding carboxylic acids is 1. The maximum atomic E-state index is 11.5. The topological polar surface area (TPSA) is 83.6 Å². The summed E-state index contributed by atoms with van der Waals surface area (Å²) >= 11 is 0. The Morgan fingerprint density at radius 3 is 2.36 bits per heavy atom. The van der Waals surface area contributed by atoms with Gasteiger partial charge in [-0.25, -0.2) is 0 Å². The van der Waals surface area contributed by atoms with E-state index in [-0.39, 0.29) is 11.7 Å². The lowest BCUT2D eigenvalue weighted by atomic mass is 9.89. The van der Waals surface area contributed by atoms with Crippen LogP contribution >= 0.6 is 0 Å². The second-order valence-electron chi connectivity index (χ2n) is 3.80. The van der Waals surface area contributed by atoms with Gasteiger partial charge in [-0.05, 0) is 33.0 Å². The van der Waals surface area contributed by atoms with Crippen LogP contribution in [0.1, 0.15) is 12.8 Å². The van der Waals surface area contributed by atoms with Crippen LogP contribution in [0.2, 0.25) is 0 Å². The van der Waals surface area contributed by atoms with Crippen LogP contribution in [-0.2, 0) is 9.59 Å². The van der Waals surface area contributed by atoms with Crippen molar-refractivity contribution in [2.24, 2.45) is 11.7 Å². The quantitative estimate of drug-likeness (QED) is 0.589. The predicted molar refractivity (Wildman–Crippen MR) is 50.8 cm³/mol. The number of aliphatic carboxylic acids is 1. The van der Waals surface area contributed by atoms with E-state index >= 15 is 0 Å². The number of ketones is 1. The third-order valence-electron chi connectivity index (χ3n) is 2.69. The number of nitrogens with two attached hydrogens (primary N) is 1. The molecule has 3 N–H and O–H groups in total. The van der Waals surface area contributed by atoms with Crippen molar-refractivity contribution in [1.82, 2.24) is 4.90 Å². The summed E-state index contributed by atoms with van der Waals surface area (Å²) in [7, 11) is 1.98. The second kappa shape index (κ2) is 4.52. The van der Waals surface area contributed by atoms with Gasteiger partial charge in [-0.1, -0.05) is 0 Å². The molecule has 1 rings (SSSR count). The number of nitrogens with zero attached hydrogens (tertiary/aromatic N) is 1. The number of rotatable bonds is 3. The molecule has 5 nitrogen and oxygen atoms in total. The number of hydrogen-bond donors (Lipinski definition) is 2. The molecule has 0 saturated carbocycles. The average molecular weight is 200 g/mol. The first-order valence-corrected chi connectivity index (χ1v) is 4.73. The summed E-state index contributed by atoms with van der Waals surface area (Å²) in [5.74, 6) is -1.73. The summed E-state index contributed by atoms with van der Waals surface area (Å²) in [6.45, 7) is 1.67. The van der Waals surface area contributed by atoms with E-state index in [9.17, 15) is 9.59 Å². The van der Waals surface area contributed by atoms with E-state index in [0.29, 0.717) is 0 Å². The molecule has 1 atom stereocenters. The second-order valence-corrected chi connectivity index (χ2v) is 3.80. The van der Waals surface area contributed by atoms with E-state index in [0.717, 1.165) is 25.9 Å².